The molecule has 108 valence electrons. The van der Waals surface area contributed by atoms with Crippen molar-refractivity contribution in [2.24, 2.45) is 0 Å². The molecule has 0 saturated carbocycles. The maximum absolute atomic E-state index is 13.5. The Morgan fingerprint density at radius 1 is 1.29 bits per heavy atom. The second kappa shape index (κ2) is 6.32. The standard InChI is InChI=1S/C14H10ClFN2O3/c15-9-2-3-10(11(16)5-9)13(19)18-7-8-1-4-12(14(20)21)17-6-8/h1-6H,7H2,(H,18,19)(H,20,21). The summed E-state index contributed by atoms with van der Waals surface area (Å²) in [4.78, 5) is 26.2. The molecular weight excluding hydrogens is 299 g/mol. The highest BCUT2D eigenvalue weighted by Gasteiger charge is 2.12. The van der Waals surface area contributed by atoms with Gasteiger partial charge in [-0.2, -0.15) is 0 Å². The van der Waals surface area contributed by atoms with Gasteiger partial charge in [-0.05, 0) is 29.8 Å². The number of nitrogens with zero attached hydrogens (tertiary/aromatic N) is 1. The van der Waals surface area contributed by atoms with Crippen molar-refractivity contribution in [2.45, 2.75) is 6.54 Å². The second-order valence-electron chi connectivity index (χ2n) is 4.16. The molecule has 0 aliphatic heterocycles. The van der Waals surface area contributed by atoms with Crippen molar-refractivity contribution in [1.29, 1.82) is 0 Å². The van der Waals surface area contributed by atoms with E-state index in [9.17, 15) is 14.0 Å². The van der Waals surface area contributed by atoms with Crippen LogP contribution in [0.5, 0.6) is 0 Å². The van der Waals surface area contributed by atoms with Crippen LogP contribution in [0.4, 0.5) is 4.39 Å². The summed E-state index contributed by atoms with van der Waals surface area (Å²) in [5.74, 6) is -2.43. The molecular formula is C14H10ClFN2O3. The van der Waals surface area contributed by atoms with Gasteiger partial charge in [0.2, 0.25) is 0 Å². The highest BCUT2D eigenvalue weighted by atomic mass is 35.5. The third-order valence-corrected chi connectivity index (χ3v) is 2.91. The number of rotatable bonds is 4. The lowest BCUT2D eigenvalue weighted by Gasteiger charge is -2.06. The molecule has 21 heavy (non-hydrogen) atoms. The van der Waals surface area contributed by atoms with Crippen LogP contribution in [0.15, 0.2) is 36.5 Å². The van der Waals surface area contributed by atoms with Crippen LogP contribution in [0.25, 0.3) is 0 Å². The first-order chi connectivity index (χ1) is 9.97. The van der Waals surface area contributed by atoms with Crippen LogP contribution in [0.2, 0.25) is 5.02 Å². The van der Waals surface area contributed by atoms with Gasteiger partial charge in [-0.25, -0.2) is 14.2 Å². The minimum atomic E-state index is -1.13. The lowest BCUT2D eigenvalue weighted by molar-refractivity contribution is 0.0690. The van der Waals surface area contributed by atoms with E-state index in [0.29, 0.717) is 5.56 Å². The van der Waals surface area contributed by atoms with Crippen LogP contribution in [-0.4, -0.2) is 22.0 Å². The van der Waals surface area contributed by atoms with Crippen LogP contribution < -0.4 is 5.32 Å². The molecule has 5 nitrogen and oxygen atoms in total. The first-order valence-electron chi connectivity index (χ1n) is 5.89. The smallest absolute Gasteiger partial charge is 0.354 e. The van der Waals surface area contributed by atoms with Crippen LogP contribution in [0, 0.1) is 5.82 Å². The maximum Gasteiger partial charge on any atom is 0.354 e. The van der Waals surface area contributed by atoms with Crippen molar-refractivity contribution < 1.29 is 19.1 Å². The predicted octanol–water partition coefficient (Wildman–Crippen LogP) is 2.50. The van der Waals surface area contributed by atoms with E-state index < -0.39 is 17.7 Å². The van der Waals surface area contributed by atoms with Crippen molar-refractivity contribution in [2.75, 3.05) is 0 Å². The minimum Gasteiger partial charge on any atom is -0.477 e. The summed E-state index contributed by atoms with van der Waals surface area (Å²) in [6.07, 6.45) is 1.34. The van der Waals surface area contributed by atoms with Crippen molar-refractivity contribution in [3.8, 4) is 0 Å². The Hall–Kier alpha value is -2.47. The van der Waals surface area contributed by atoms with Gasteiger partial charge >= 0.3 is 5.97 Å². The summed E-state index contributed by atoms with van der Waals surface area (Å²) in [6.45, 7) is 0.105. The Balaban J connectivity index is 2.02. The van der Waals surface area contributed by atoms with Gasteiger partial charge in [0, 0.05) is 17.8 Å². The number of carboxylic acids is 1. The van der Waals surface area contributed by atoms with Gasteiger partial charge in [0.1, 0.15) is 11.5 Å². The van der Waals surface area contributed by atoms with Crippen molar-refractivity contribution >= 4 is 23.5 Å². The quantitative estimate of drug-likeness (QED) is 0.909. The van der Waals surface area contributed by atoms with E-state index in [1.165, 1.54) is 30.5 Å². The molecule has 1 aromatic carbocycles. The molecule has 1 heterocycles. The molecule has 1 aromatic heterocycles. The highest BCUT2D eigenvalue weighted by Crippen LogP contribution is 2.14. The zero-order valence-corrected chi connectivity index (χ0v) is 11.4. The Morgan fingerprint density at radius 3 is 2.62 bits per heavy atom. The van der Waals surface area contributed by atoms with Crippen LogP contribution >= 0.6 is 11.6 Å². The first kappa shape index (κ1) is 14.9. The number of aromatic nitrogens is 1. The lowest BCUT2D eigenvalue weighted by Crippen LogP contribution is -2.24. The van der Waals surface area contributed by atoms with Gasteiger partial charge in [0.05, 0.1) is 5.56 Å². The van der Waals surface area contributed by atoms with E-state index >= 15 is 0 Å². The van der Waals surface area contributed by atoms with Crippen LogP contribution in [-0.2, 0) is 6.54 Å². The molecule has 0 unspecified atom stereocenters. The number of pyridine rings is 1. The summed E-state index contributed by atoms with van der Waals surface area (Å²) in [6, 6.07) is 6.61. The Labute approximate surface area is 124 Å². The minimum absolute atomic E-state index is 0.0891. The largest absolute Gasteiger partial charge is 0.477 e. The molecule has 0 fully saturated rings. The number of halogens is 2. The summed E-state index contributed by atoms with van der Waals surface area (Å²) in [5, 5.41) is 11.4. The number of carbonyl (C=O) groups excluding carboxylic acids is 1. The van der Waals surface area contributed by atoms with Gasteiger partial charge < -0.3 is 10.4 Å². The van der Waals surface area contributed by atoms with E-state index in [1.807, 2.05) is 0 Å². The molecule has 2 aromatic rings. The van der Waals surface area contributed by atoms with Gasteiger partial charge in [-0.1, -0.05) is 17.7 Å². The molecule has 2 rings (SSSR count). The number of hydrogen-bond acceptors (Lipinski definition) is 3. The van der Waals surface area contributed by atoms with E-state index in [1.54, 1.807) is 0 Å². The average molecular weight is 309 g/mol. The third-order valence-electron chi connectivity index (χ3n) is 2.67. The molecule has 0 saturated heterocycles. The van der Waals surface area contributed by atoms with E-state index in [4.69, 9.17) is 16.7 Å². The molecule has 0 bridgehead atoms. The summed E-state index contributed by atoms with van der Waals surface area (Å²) < 4.78 is 13.5. The normalized spacial score (nSPS) is 10.2. The van der Waals surface area contributed by atoms with E-state index in [0.717, 1.165) is 6.07 Å². The first-order valence-corrected chi connectivity index (χ1v) is 6.26. The van der Waals surface area contributed by atoms with Crippen molar-refractivity contribution in [3.05, 3.63) is 64.2 Å². The predicted molar refractivity (Wildman–Crippen MR) is 73.8 cm³/mol. The molecule has 0 atom stereocenters. The summed E-state index contributed by atoms with van der Waals surface area (Å²) in [7, 11) is 0. The average Bonchev–Trinajstić information content (AvgIpc) is 2.45. The molecule has 0 aliphatic rings. The number of benzene rings is 1. The molecule has 2 N–H and O–H groups in total. The molecule has 1 amide bonds. The summed E-state index contributed by atoms with van der Waals surface area (Å²) >= 11 is 5.61. The SMILES string of the molecule is O=C(O)c1ccc(CNC(=O)c2ccc(Cl)cc2F)cn1. The Kier molecular flexibility index (Phi) is 4.49. The molecule has 0 spiro atoms. The number of carbonyl (C=O) groups is 2. The van der Waals surface area contributed by atoms with Crippen molar-refractivity contribution in [3.63, 3.8) is 0 Å². The molecule has 7 heteroatoms. The van der Waals surface area contributed by atoms with Gasteiger partial charge in [-0.3, -0.25) is 4.79 Å². The number of nitrogens with one attached hydrogen (secondary N) is 1. The number of aromatic carboxylic acids is 1. The highest BCUT2D eigenvalue weighted by molar-refractivity contribution is 6.30. The zero-order valence-electron chi connectivity index (χ0n) is 10.6. The van der Waals surface area contributed by atoms with Crippen LogP contribution in [0.3, 0.4) is 0 Å². The Morgan fingerprint density at radius 2 is 2.05 bits per heavy atom. The van der Waals surface area contributed by atoms with Gasteiger partial charge in [-0.15, -0.1) is 0 Å². The number of carboxylic acid groups (broad SMARTS) is 1. The molecule has 0 aliphatic carbocycles. The number of hydrogen-bond donors (Lipinski definition) is 2. The topological polar surface area (TPSA) is 79.3 Å². The molecule has 0 radical (unpaired) electrons. The third kappa shape index (κ3) is 3.76. The fraction of sp³-hybridized carbons (Fsp3) is 0.0714. The van der Waals surface area contributed by atoms with E-state index in [2.05, 4.69) is 10.3 Å². The van der Waals surface area contributed by atoms with E-state index in [-0.39, 0.29) is 22.8 Å². The van der Waals surface area contributed by atoms with Gasteiger partial charge in [0.15, 0.2) is 0 Å². The fourth-order valence-electron chi connectivity index (χ4n) is 1.61. The summed E-state index contributed by atoms with van der Waals surface area (Å²) in [5.41, 5.74) is 0.394. The fourth-order valence-corrected chi connectivity index (χ4v) is 1.77. The second-order valence-corrected chi connectivity index (χ2v) is 4.60. The van der Waals surface area contributed by atoms with Gasteiger partial charge in [0.25, 0.3) is 5.91 Å². The zero-order chi connectivity index (χ0) is 15.4. The monoisotopic (exact) mass is 308 g/mol. The lowest BCUT2D eigenvalue weighted by atomic mass is 10.2. The number of amides is 1. The maximum atomic E-state index is 13.5. The van der Waals surface area contributed by atoms with Crippen molar-refractivity contribution in [1.82, 2.24) is 10.3 Å². The van der Waals surface area contributed by atoms with Crippen LogP contribution in [0.1, 0.15) is 26.4 Å². The Bertz CT molecular complexity index is 689.